The predicted molar refractivity (Wildman–Crippen MR) is 84.6 cm³/mol. The SMILES string of the molecule is CC(NC(=O)CCc1ncc(-c2ccccc2F)o1)C(C)C(=O)O. The number of hydrogen-bond donors (Lipinski definition) is 2. The number of aryl methyl sites for hydroxylation is 1. The van der Waals surface area contributed by atoms with Crippen molar-refractivity contribution in [2.24, 2.45) is 5.92 Å². The van der Waals surface area contributed by atoms with Gasteiger partial charge in [0.1, 0.15) is 5.82 Å². The summed E-state index contributed by atoms with van der Waals surface area (Å²) in [5.74, 6) is -1.72. The van der Waals surface area contributed by atoms with Gasteiger partial charge in [-0.1, -0.05) is 12.1 Å². The van der Waals surface area contributed by atoms with Crippen molar-refractivity contribution in [2.75, 3.05) is 0 Å². The van der Waals surface area contributed by atoms with E-state index < -0.39 is 23.7 Å². The van der Waals surface area contributed by atoms with Crippen molar-refractivity contribution in [3.05, 3.63) is 42.2 Å². The number of amides is 1. The second kappa shape index (κ2) is 7.72. The molecule has 1 amide bonds. The van der Waals surface area contributed by atoms with E-state index in [0.29, 0.717) is 17.2 Å². The van der Waals surface area contributed by atoms with Crippen molar-refractivity contribution in [2.45, 2.75) is 32.7 Å². The Hall–Kier alpha value is -2.70. The molecule has 2 atom stereocenters. The molecule has 0 spiro atoms. The summed E-state index contributed by atoms with van der Waals surface area (Å²) in [7, 11) is 0. The third-order valence-electron chi connectivity index (χ3n) is 3.79. The van der Waals surface area contributed by atoms with Crippen LogP contribution in [0.15, 0.2) is 34.9 Å². The molecule has 2 N–H and O–H groups in total. The van der Waals surface area contributed by atoms with Crippen LogP contribution in [0.4, 0.5) is 4.39 Å². The van der Waals surface area contributed by atoms with Gasteiger partial charge in [-0.15, -0.1) is 0 Å². The van der Waals surface area contributed by atoms with Crippen LogP contribution in [-0.2, 0) is 16.0 Å². The largest absolute Gasteiger partial charge is 0.481 e. The molecule has 1 aromatic heterocycles. The maximum atomic E-state index is 13.7. The van der Waals surface area contributed by atoms with E-state index in [9.17, 15) is 14.0 Å². The Morgan fingerprint density at radius 2 is 2.04 bits per heavy atom. The zero-order valence-electron chi connectivity index (χ0n) is 13.5. The highest BCUT2D eigenvalue weighted by Gasteiger charge is 2.21. The number of oxazole rings is 1. The van der Waals surface area contributed by atoms with Crippen molar-refractivity contribution in [3.63, 3.8) is 0 Å². The molecule has 2 aromatic rings. The van der Waals surface area contributed by atoms with Gasteiger partial charge in [-0.3, -0.25) is 9.59 Å². The zero-order valence-corrected chi connectivity index (χ0v) is 13.5. The molecule has 2 unspecified atom stereocenters. The summed E-state index contributed by atoms with van der Waals surface area (Å²) in [5, 5.41) is 11.5. The summed E-state index contributed by atoms with van der Waals surface area (Å²) in [4.78, 5) is 26.8. The fourth-order valence-corrected chi connectivity index (χ4v) is 2.10. The molecule has 0 aliphatic heterocycles. The Balaban J connectivity index is 1.90. The van der Waals surface area contributed by atoms with Crippen LogP contribution in [0.5, 0.6) is 0 Å². The summed E-state index contributed by atoms with van der Waals surface area (Å²) in [5.41, 5.74) is 0.310. The van der Waals surface area contributed by atoms with E-state index in [4.69, 9.17) is 9.52 Å². The second-order valence-electron chi connectivity index (χ2n) is 5.58. The molecule has 1 heterocycles. The van der Waals surface area contributed by atoms with E-state index in [2.05, 4.69) is 10.3 Å². The molecule has 0 aliphatic rings. The quantitative estimate of drug-likeness (QED) is 0.812. The molecule has 0 fully saturated rings. The van der Waals surface area contributed by atoms with Crippen molar-refractivity contribution < 1.29 is 23.5 Å². The summed E-state index contributed by atoms with van der Waals surface area (Å²) < 4.78 is 19.1. The number of nitrogens with zero attached hydrogens (tertiary/aromatic N) is 1. The van der Waals surface area contributed by atoms with Crippen LogP contribution in [0.1, 0.15) is 26.2 Å². The van der Waals surface area contributed by atoms with Gasteiger partial charge in [0.15, 0.2) is 11.7 Å². The second-order valence-corrected chi connectivity index (χ2v) is 5.58. The fourth-order valence-electron chi connectivity index (χ4n) is 2.10. The van der Waals surface area contributed by atoms with E-state index in [1.807, 2.05) is 0 Å². The minimum atomic E-state index is -0.968. The number of carboxylic acids is 1. The molecular formula is C17H19FN2O4. The van der Waals surface area contributed by atoms with E-state index in [1.54, 1.807) is 25.1 Å². The highest BCUT2D eigenvalue weighted by molar-refractivity contribution is 5.78. The highest BCUT2D eigenvalue weighted by atomic mass is 19.1. The molecule has 0 saturated carbocycles. The average Bonchev–Trinajstić information content (AvgIpc) is 3.01. The van der Waals surface area contributed by atoms with E-state index >= 15 is 0 Å². The summed E-state index contributed by atoms with van der Waals surface area (Å²) in [6, 6.07) is 5.71. The third-order valence-corrected chi connectivity index (χ3v) is 3.79. The van der Waals surface area contributed by atoms with Crippen LogP contribution >= 0.6 is 0 Å². The number of benzene rings is 1. The number of rotatable bonds is 7. The first-order valence-corrected chi connectivity index (χ1v) is 7.60. The highest BCUT2D eigenvalue weighted by Crippen LogP contribution is 2.23. The topological polar surface area (TPSA) is 92.4 Å². The molecule has 24 heavy (non-hydrogen) atoms. The number of hydrogen-bond acceptors (Lipinski definition) is 4. The number of carboxylic acid groups (broad SMARTS) is 1. The lowest BCUT2D eigenvalue weighted by molar-refractivity contribution is -0.142. The van der Waals surface area contributed by atoms with E-state index in [0.717, 1.165) is 0 Å². The number of nitrogens with one attached hydrogen (secondary N) is 1. The molecular weight excluding hydrogens is 315 g/mol. The van der Waals surface area contributed by atoms with Crippen LogP contribution in [0.25, 0.3) is 11.3 Å². The first-order chi connectivity index (χ1) is 11.4. The van der Waals surface area contributed by atoms with E-state index in [-0.39, 0.29) is 18.7 Å². The first kappa shape index (κ1) is 17.7. The summed E-state index contributed by atoms with van der Waals surface area (Å²) in [6.45, 7) is 3.17. The predicted octanol–water partition coefficient (Wildman–Crippen LogP) is 2.64. The molecule has 7 heteroatoms. The summed E-state index contributed by atoms with van der Waals surface area (Å²) >= 11 is 0. The number of halogens is 1. The number of aromatic nitrogens is 1. The van der Waals surface area contributed by atoms with Crippen molar-refractivity contribution >= 4 is 11.9 Å². The van der Waals surface area contributed by atoms with Crippen molar-refractivity contribution in [3.8, 4) is 11.3 Å². The Morgan fingerprint density at radius 3 is 2.71 bits per heavy atom. The van der Waals surface area contributed by atoms with Gasteiger partial charge in [0.2, 0.25) is 5.91 Å². The molecule has 128 valence electrons. The molecule has 0 aliphatic carbocycles. The van der Waals surface area contributed by atoms with Crippen LogP contribution in [-0.4, -0.2) is 28.0 Å². The normalized spacial score (nSPS) is 13.3. The maximum absolute atomic E-state index is 13.7. The van der Waals surface area contributed by atoms with Crippen LogP contribution in [0.2, 0.25) is 0 Å². The Labute approximate surface area is 138 Å². The minimum absolute atomic E-state index is 0.105. The van der Waals surface area contributed by atoms with Crippen molar-refractivity contribution in [1.82, 2.24) is 10.3 Å². The molecule has 1 aromatic carbocycles. The Kier molecular flexibility index (Phi) is 5.68. The standard InChI is InChI=1S/C17H19FN2O4/c1-10(17(22)23)11(2)20-15(21)7-8-16-19-9-14(24-16)12-5-3-4-6-13(12)18/h3-6,9-11H,7-8H2,1-2H3,(H,20,21)(H,22,23). The molecule has 2 rings (SSSR count). The Bertz CT molecular complexity index is 729. The van der Waals surface area contributed by atoms with Gasteiger partial charge >= 0.3 is 5.97 Å². The Morgan fingerprint density at radius 1 is 1.33 bits per heavy atom. The molecule has 0 radical (unpaired) electrons. The van der Waals surface area contributed by atoms with Gasteiger partial charge in [-0.25, -0.2) is 9.37 Å². The summed E-state index contributed by atoms with van der Waals surface area (Å²) in [6.07, 6.45) is 1.77. The number of aliphatic carboxylic acids is 1. The van der Waals surface area contributed by atoms with Crippen LogP contribution in [0.3, 0.4) is 0 Å². The fraction of sp³-hybridized carbons (Fsp3) is 0.353. The number of carbonyl (C=O) groups is 2. The first-order valence-electron chi connectivity index (χ1n) is 7.60. The van der Waals surface area contributed by atoms with Gasteiger partial charge in [0.05, 0.1) is 17.7 Å². The van der Waals surface area contributed by atoms with Gasteiger partial charge in [-0.05, 0) is 26.0 Å². The van der Waals surface area contributed by atoms with E-state index in [1.165, 1.54) is 19.2 Å². The monoisotopic (exact) mass is 334 g/mol. The molecule has 0 saturated heterocycles. The third kappa shape index (κ3) is 4.41. The van der Waals surface area contributed by atoms with Gasteiger partial charge in [0, 0.05) is 18.9 Å². The molecule has 0 bridgehead atoms. The lowest BCUT2D eigenvalue weighted by Gasteiger charge is -2.17. The van der Waals surface area contributed by atoms with Gasteiger partial charge in [-0.2, -0.15) is 0 Å². The lowest BCUT2D eigenvalue weighted by Crippen LogP contribution is -2.40. The number of carbonyl (C=O) groups excluding carboxylic acids is 1. The average molecular weight is 334 g/mol. The molecule has 6 nitrogen and oxygen atoms in total. The van der Waals surface area contributed by atoms with Crippen LogP contribution in [0, 0.1) is 11.7 Å². The lowest BCUT2D eigenvalue weighted by atomic mass is 10.0. The minimum Gasteiger partial charge on any atom is -0.481 e. The zero-order chi connectivity index (χ0) is 17.7. The van der Waals surface area contributed by atoms with Gasteiger partial charge in [0.25, 0.3) is 0 Å². The van der Waals surface area contributed by atoms with Gasteiger partial charge < -0.3 is 14.8 Å². The van der Waals surface area contributed by atoms with Crippen molar-refractivity contribution in [1.29, 1.82) is 0 Å². The maximum Gasteiger partial charge on any atom is 0.308 e. The van der Waals surface area contributed by atoms with Crippen LogP contribution < -0.4 is 5.32 Å². The smallest absolute Gasteiger partial charge is 0.308 e.